The highest BCUT2D eigenvalue weighted by Gasteiger charge is 2.30. The minimum absolute atomic E-state index is 0.0363. The zero-order valence-corrected chi connectivity index (χ0v) is 12.5. The number of likely N-dealkylation sites (tertiary alicyclic amines) is 1. The van der Waals surface area contributed by atoms with Gasteiger partial charge in [0.2, 0.25) is 5.91 Å². The van der Waals surface area contributed by atoms with E-state index in [0.29, 0.717) is 25.8 Å². The molecule has 1 fully saturated rings. The molecule has 1 unspecified atom stereocenters. The van der Waals surface area contributed by atoms with Crippen molar-refractivity contribution in [3.05, 3.63) is 35.4 Å². The minimum Gasteiger partial charge on any atom is -0.480 e. The third-order valence-electron chi connectivity index (χ3n) is 4.07. The van der Waals surface area contributed by atoms with Gasteiger partial charge in [0, 0.05) is 13.0 Å². The number of aliphatic carboxylic acids is 1. The van der Waals surface area contributed by atoms with E-state index in [9.17, 15) is 14.7 Å². The van der Waals surface area contributed by atoms with Crippen LogP contribution in [0.4, 0.5) is 0 Å². The summed E-state index contributed by atoms with van der Waals surface area (Å²) in [7, 11) is 0. The number of rotatable bonds is 4. The first-order chi connectivity index (χ1) is 10.1. The van der Waals surface area contributed by atoms with E-state index in [1.807, 2.05) is 25.1 Å². The van der Waals surface area contributed by atoms with Crippen LogP contribution in [0.15, 0.2) is 24.3 Å². The molecule has 1 aliphatic heterocycles. The van der Waals surface area contributed by atoms with Gasteiger partial charge in [0.1, 0.15) is 6.04 Å². The normalized spacial score (nSPS) is 19.1. The van der Waals surface area contributed by atoms with Crippen LogP contribution in [0.3, 0.4) is 0 Å². The lowest BCUT2D eigenvalue weighted by Gasteiger charge is -2.27. The van der Waals surface area contributed by atoms with Crippen LogP contribution in [0.2, 0.25) is 0 Å². The molecule has 0 radical (unpaired) electrons. The Morgan fingerprint density at radius 1 is 1.29 bits per heavy atom. The Morgan fingerprint density at radius 3 is 2.81 bits per heavy atom. The summed E-state index contributed by atoms with van der Waals surface area (Å²) in [4.78, 5) is 25.3. The molecule has 21 heavy (non-hydrogen) atoms. The molecule has 4 heteroatoms. The molecule has 0 aliphatic carbocycles. The van der Waals surface area contributed by atoms with Gasteiger partial charge in [0.05, 0.1) is 0 Å². The van der Waals surface area contributed by atoms with E-state index in [-0.39, 0.29) is 5.91 Å². The summed E-state index contributed by atoms with van der Waals surface area (Å²) in [6.45, 7) is 2.60. The van der Waals surface area contributed by atoms with Crippen LogP contribution >= 0.6 is 0 Å². The molecule has 1 amide bonds. The molecule has 1 aromatic rings. The molecule has 1 heterocycles. The molecule has 0 bridgehead atoms. The maximum absolute atomic E-state index is 12.4. The van der Waals surface area contributed by atoms with Gasteiger partial charge in [-0.1, -0.05) is 42.7 Å². The van der Waals surface area contributed by atoms with Gasteiger partial charge in [-0.2, -0.15) is 0 Å². The first-order valence-electron chi connectivity index (χ1n) is 7.66. The predicted octanol–water partition coefficient (Wildman–Crippen LogP) is 2.78. The van der Waals surface area contributed by atoms with Crippen LogP contribution in [0.5, 0.6) is 0 Å². The van der Waals surface area contributed by atoms with Crippen molar-refractivity contribution in [2.24, 2.45) is 0 Å². The molecule has 114 valence electrons. The van der Waals surface area contributed by atoms with E-state index in [4.69, 9.17) is 0 Å². The number of benzene rings is 1. The Morgan fingerprint density at radius 2 is 2.10 bits per heavy atom. The smallest absolute Gasteiger partial charge is 0.326 e. The zero-order valence-electron chi connectivity index (χ0n) is 12.5. The molecule has 1 aliphatic rings. The van der Waals surface area contributed by atoms with E-state index in [1.165, 1.54) is 5.56 Å². The highest BCUT2D eigenvalue weighted by molar-refractivity contribution is 5.83. The van der Waals surface area contributed by atoms with Gasteiger partial charge in [-0.05, 0) is 31.7 Å². The number of amides is 1. The summed E-state index contributed by atoms with van der Waals surface area (Å²) in [5.41, 5.74) is 2.31. The van der Waals surface area contributed by atoms with E-state index in [2.05, 4.69) is 6.07 Å². The van der Waals surface area contributed by atoms with Crippen LogP contribution in [-0.4, -0.2) is 34.5 Å². The second-order valence-corrected chi connectivity index (χ2v) is 5.78. The maximum Gasteiger partial charge on any atom is 0.326 e. The Bertz CT molecular complexity index is 513. The SMILES string of the molecule is Cc1cccc(CCC(=O)N2CCCCCC2C(=O)O)c1. The molecule has 1 atom stereocenters. The Kier molecular flexibility index (Phi) is 5.37. The van der Waals surface area contributed by atoms with Crippen LogP contribution in [0, 0.1) is 6.92 Å². The second kappa shape index (κ2) is 7.25. The Balaban J connectivity index is 1.98. The fourth-order valence-electron chi connectivity index (χ4n) is 2.93. The first kappa shape index (κ1) is 15.5. The average Bonchev–Trinajstić information content (AvgIpc) is 2.70. The molecule has 2 rings (SSSR count). The van der Waals surface area contributed by atoms with Gasteiger partial charge in [-0.15, -0.1) is 0 Å². The van der Waals surface area contributed by atoms with E-state index in [0.717, 1.165) is 24.8 Å². The third-order valence-corrected chi connectivity index (χ3v) is 4.07. The van der Waals surface area contributed by atoms with Gasteiger partial charge in [-0.3, -0.25) is 4.79 Å². The topological polar surface area (TPSA) is 57.6 Å². The summed E-state index contributed by atoms with van der Waals surface area (Å²) >= 11 is 0. The van der Waals surface area contributed by atoms with Crippen molar-refractivity contribution < 1.29 is 14.7 Å². The van der Waals surface area contributed by atoms with E-state index < -0.39 is 12.0 Å². The summed E-state index contributed by atoms with van der Waals surface area (Å²) in [5.74, 6) is -0.911. The molecule has 0 saturated carbocycles. The zero-order chi connectivity index (χ0) is 15.2. The highest BCUT2D eigenvalue weighted by Crippen LogP contribution is 2.19. The minimum atomic E-state index is -0.874. The number of carbonyl (C=O) groups is 2. The van der Waals surface area contributed by atoms with Crippen LogP contribution in [0.25, 0.3) is 0 Å². The van der Waals surface area contributed by atoms with Gasteiger partial charge < -0.3 is 10.0 Å². The van der Waals surface area contributed by atoms with Gasteiger partial charge >= 0.3 is 5.97 Å². The number of hydrogen-bond donors (Lipinski definition) is 1. The number of carboxylic acids is 1. The fraction of sp³-hybridized carbons (Fsp3) is 0.529. The molecule has 1 N–H and O–H groups in total. The van der Waals surface area contributed by atoms with E-state index in [1.54, 1.807) is 4.90 Å². The van der Waals surface area contributed by atoms with Crippen molar-refractivity contribution in [3.8, 4) is 0 Å². The number of aryl methyl sites for hydroxylation is 2. The van der Waals surface area contributed by atoms with Gasteiger partial charge in [-0.25, -0.2) is 4.79 Å². The van der Waals surface area contributed by atoms with Crippen molar-refractivity contribution in [1.29, 1.82) is 0 Å². The first-order valence-corrected chi connectivity index (χ1v) is 7.66. The van der Waals surface area contributed by atoms with Crippen LogP contribution in [-0.2, 0) is 16.0 Å². The van der Waals surface area contributed by atoms with E-state index >= 15 is 0 Å². The molecule has 4 nitrogen and oxygen atoms in total. The summed E-state index contributed by atoms with van der Waals surface area (Å²) in [6.07, 6.45) is 4.42. The lowest BCUT2D eigenvalue weighted by atomic mass is 10.1. The fourth-order valence-corrected chi connectivity index (χ4v) is 2.93. The number of hydrogen-bond acceptors (Lipinski definition) is 2. The Hall–Kier alpha value is -1.84. The van der Waals surface area contributed by atoms with Crippen LogP contribution < -0.4 is 0 Å². The number of carboxylic acid groups (broad SMARTS) is 1. The molecule has 1 saturated heterocycles. The predicted molar refractivity (Wildman–Crippen MR) is 81.1 cm³/mol. The summed E-state index contributed by atoms with van der Waals surface area (Å²) in [6, 6.07) is 7.46. The number of carbonyl (C=O) groups excluding carboxylic acids is 1. The second-order valence-electron chi connectivity index (χ2n) is 5.78. The van der Waals surface area contributed by atoms with Gasteiger partial charge in [0.25, 0.3) is 0 Å². The molecular formula is C17H23NO3. The monoisotopic (exact) mass is 289 g/mol. The standard InChI is InChI=1S/C17H23NO3/c1-13-6-5-7-14(12-13)9-10-16(19)18-11-4-2-3-8-15(18)17(20)21/h5-7,12,15H,2-4,8-11H2,1H3,(H,20,21). The van der Waals surface area contributed by atoms with Crippen molar-refractivity contribution >= 4 is 11.9 Å². The highest BCUT2D eigenvalue weighted by atomic mass is 16.4. The van der Waals surface area contributed by atoms with Crippen molar-refractivity contribution in [2.75, 3.05) is 6.54 Å². The number of nitrogens with zero attached hydrogens (tertiary/aromatic N) is 1. The molecule has 0 spiro atoms. The maximum atomic E-state index is 12.4. The Labute approximate surface area is 125 Å². The summed E-state index contributed by atoms with van der Waals surface area (Å²) < 4.78 is 0. The third kappa shape index (κ3) is 4.31. The van der Waals surface area contributed by atoms with Gasteiger partial charge in [0.15, 0.2) is 0 Å². The largest absolute Gasteiger partial charge is 0.480 e. The lowest BCUT2D eigenvalue weighted by molar-refractivity contribution is -0.150. The van der Waals surface area contributed by atoms with Crippen molar-refractivity contribution in [3.63, 3.8) is 0 Å². The van der Waals surface area contributed by atoms with Crippen LogP contribution in [0.1, 0.15) is 43.2 Å². The van der Waals surface area contributed by atoms with Crippen molar-refractivity contribution in [1.82, 2.24) is 4.90 Å². The quantitative estimate of drug-likeness (QED) is 0.927. The molecule has 1 aromatic carbocycles. The lowest BCUT2D eigenvalue weighted by Crippen LogP contribution is -2.44. The molecular weight excluding hydrogens is 266 g/mol. The average molecular weight is 289 g/mol. The molecule has 0 aromatic heterocycles. The summed E-state index contributed by atoms with van der Waals surface area (Å²) in [5, 5.41) is 9.31. The van der Waals surface area contributed by atoms with Crippen molar-refractivity contribution in [2.45, 2.75) is 51.5 Å².